The van der Waals surface area contributed by atoms with Crippen molar-refractivity contribution in [2.24, 2.45) is 5.73 Å². The molecule has 1 aliphatic rings. The number of aldehydes is 1. The Kier molecular flexibility index (Phi) is 17.1. The molecule has 1 aliphatic heterocycles. The van der Waals surface area contributed by atoms with Crippen LogP contribution in [0, 0.1) is 0 Å². The smallest absolute Gasteiger partial charge is 0.326 e. The molecule has 1 fully saturated rings. The third-order valence-corrected chi connectivity index (χ3v) is 8.97. The number of benzene rings is 3. The second-order valence-corrected chi connectivity index (χ2v) is 13.9. The average molecular weight is 709 g/mol. The zero-order valence-corrected chi connectivity index (χ0v) is 31.5. The molecule has 52 heavy (non-hydrogen) atoms. The second kappa shape index (κ2) is 21.5. The van der Waals surface area contributed by atoms with Crippen LogP contribution < -0.4 is 10.5 Å². The summed E-state index contributed by atoms with van der Waals surface area (Å²) in [6.07, 6.45) is 12.8. The Morgan fingerprint density at radius 2 is 1.48 bits per heavy atom. The van der Waals surface area contributed by atoms with Gasteiger partial charge in [-0.1, -0.05) is 114 Å². The highest BCUT2D eigenvalue weighted by Gasteiger charge is 2.33. The minimum absolute atomic E-state index is 0.0973. The highest BCUT2D eigenvalue weighted by Crippen LogP contribution is 2.25. The topological polar surface area (TPSA) is 136 Å². The van der Waals surface area contributed by atoms with Gasteiger partial charge in [0.2, 0.25) is 5.91 Å². The molecule has 1 amide bonds. The van der Waals surface area contributed by atoms with Crippen LogP contribution in [0.15, 0.2) is 85.2 Å². The van der Waals surface area contributed by atoms with E-state index in [1.54, 1.807) is 0 Å². The fraction of sp³-hybridized carbons (Fsp3) is 0.419. The fourth-order valence-corrected chi connectivity index (χ4v) is 5.86. The van der Waals surface area contributed by atoms with E-state index in [-0.39, 0.29) is 11.3 Å². The van der Waals surface area contributed by atoms with Crippen molar-refractivity contribution >= 4 is 18.2 Å². The van der Waals surface area contributed by atoms with Crippen molar-refractivity contribution in [3.63, 3.8) is 0 Å². The van der Waals surface area contributed by atoms with Gasteiger partial charge in [-0.15, -0.1) is 0 Å². The number of nitrogens with two attached hydrogens (primary N) is 1. The number of hydrogen-bond donors (Lipinski definition) is 2. The summed E-state index contributed by atoms with van der Waals surface area (Å²) in [5, 5.41) is 9.30. The lowest BCUT2D eigenvalue weighted by Crippen LogP contribution is -2.40. The first-order valence-corrected chi connectivity index (χ1v) is 18.4. The standard InChI is InChI=1S/C31H37N3O4.C11H14O.CH5N/c1-2-3-4-5-6-20-38-27-16-14-24(15-17-27)26-21-32-30(33-22-26)25-12-9-23(10-13-25)11-18-29(35)34-19-7-8-28(34)31(36)37;1-11(2,3)10-6-4-9(8-12)5-7-10;1-2/h9-10,12-17,21-22,28H,2-8,11,18-20H2,1H3,(H,36,37);4-8H,1-3H3;2H2,1H3. The predicted molar refractivity (Wildman–Crippen MR) is 208 cm³/mol. The Labute approximate surface area is 309 Å². The molecule has 1 aromatic heterocycles. The number of aryl methyl sites for hydroxylation is 1. The van der Waals surface area contributed by atoms with Crippen molar-refractivity contribution in [1.29, 1.82) is 0 Å². The summed E-state index contributed by atoms with van der Waals surface area (Å²) < 4.78 is 5.86. The monoisotopic (exact) mass is 708 g/mol. The summed E-state index contributed by atoms with van der Waals surface area (Å²) in [5.41, 5.74) is 10.6. The van der Waals surface area contributed by atoms with Gasteiger partial charge in [-0.05, 0) is 67.0 Å². The quantitative estimate of drug-likeness (QED) is 0.0983. The molecule has 3 aromatic carbocycles. The van der Waals surface area contributed by atoms with Crippen LogP contribution in [0.2, 0.25) is 0 Å². The molecule has 5 rings (SSSR count). The van der Waals surface area contributed by atoms with E-state index < -0.39 is 12.0 Å². The fourth-order valence-electron chi connectivity index (χ4n) is 5.86. The maximum Gasteiger partial charge on any atom is 0.326 e. The Balaban J connectivity index is 0.000000439. The van der Waals surface area contributed by atoms with Crippen molar-refractivity contribution in [2.75, 3.05) is 20.2 Å². The molecule has 1 saturated heterocycles. The third kappa shape index (κ3) is 13.0. The van der Waals surface area contributed by atoms with Crippen LogP contribution in [0.25, 0.3) is 22.5 Å². The van der Waals surface area contributed by atoms with Crippen LogP contribution >= 0.6 is 0 Å². The molecule has 1 atom stereocenters. The van der Waals surface area contributed by atoms with E-state index in [0.717, 1.165) is 59.3 Å². The van der Waals surface area contributed by atoms with E-state index in [1.165, 1.54) is 43.2 Å². The number of hydrogen-bond acceptors (Lipinski definition) is 7. The number of carbonyl (C=O) groups is 3. The second-order valence-electron chi connectivity index (χ2n) is 13.9. The van der Waals surface area contributed by atoms with Gasteiger partial charge in [0.15, 0.2) is 5.82 Å². The zero-order chi connectivity index (χ0) is 37.9. The number of ether oxygens (including phenoxy) is 1. The lowest BCUT2D eigenvalue weighted by molar-refractivity contribution is -0.148. The molecule has 9 heteroatoms. The predicted octanol–water partition coefficient (Wildman–Crippen LogP) is 8.54. The van der Waals surface area contributed by atoms with Crippen molar-refractivity contribution in [1.82, 2.24) is 14.9 Å². The van der Waals surface area contributed by atoms with E-state index in [1.807, 2.05) is 85.2 Å². The molecular weight excluding hydrogens is 652 g/mol. The Morgan fingerprint density at radius 1 is 0.865 bits per heavy atom. The summed E-state index contributed by atoms with van der Waals surface area (Å²) in [6, 6.07) is 22.9. The van der Waals surface area contributed by atoms with E-state index in [9.17, 15) is 19.5 Å². The van der Waals surface area contributed by atoms with Crippen LogP contribution in [-0.4, -0.2) is 64.4 Å². The molecule has 0 bridgehead atoms. The number of carboxylic acid groups (broad SMARTS) is 1. The summed E-state index contributed by atoms with van der Waals surface area (Å²) in [5.74, 6) is 0.507. The summed E-state index contributed by atoms with van der Waals surface area (Å²) >= 11 is 0. The number of nitrogens with zero attached hydrogens (tertiary/aromatic N) is 3. The number of aliphatic carboxylic acids is 1. The molecule has 0 aliphatic carbocycles. The third-order valence-electron chi connectivity index (χ3n) is 8.97. The van der Waals surface area contributed by atoms with Crippen LogP contribution in [0.4, 0.5) is 0 Å². The van der Waals surface area contributed by atoms with Crippen molar-refractivity contribution in [2.45, 2.75) is 96.9 Å². The number of unbranched alkanes of at least 4 members (excludes halogenated alkanes) is 4. The molecule has 1 unspecified atom stereocenters. The number of carboxylic acids is 1. The van der Waals surface area contributed by atoms with Crippen molar-refractivity contribution in [3.05, 3.63) is 102 Å². The molecule has 0 radical (unpaired) electrons. The molecular formula is C43H56N4O5. The normalized spacial score (nSPS) is 13.7. The molecule has 0 spiro atoms. The van der Waals surface area contributed by atoms with Gasteiger partial charge in [0.25, 0.3) is 0 Å². The average Bonchev–Trinajstić information content (AvgIpc) is 3.68. The lowest BCUT2D eigenvalue weighted by atomic mass is 9.87. The number of rotatable bonds is 14. The molecule has 0 saturated carbocycles. The van der Waals surface area contributed by atoms with E-state index in [2.05, 4.69) is 43.4 Å². The maximum atomic E-state index is 12.5. The minimum atomic E-state index is -0.916. The van der Waals surface area contributed by atoms with Crippen LogP contribution in [0.3, 0.4) is 0 Å². The number of carbonyl (C=O) groups excluding carboxylic acids is 2. The zero-order valence-electron chi connectivity index (χ0n) is 31.5. The Bertz CT molecular complexity index is 1650. The van der Waals surface area contributed by atoms with Gasteiger partial charge in [0, 0.05) is 42.0 Å². The van der Waals surface area contributed by atoms with E-state index in [0.29, 0.717) is 31.6 Å². The van der Waals surface area contributed by atoms with Gasteiger partial charge in [0.05, 0.1) is 6.61 Å². The number of likely N-dealkylation sites (tertiary alicyclic amines) is 1. The minimum Gasteiger partial charge on any atom is -0.494 e. The Morgan fingerprint density at radius 3 is 2.06 bits per heavy atom. The molecule has 3 N–H and O–H groups in total. The van der Waals surface area contributed by atoms with Gasteiger partial charge in [-0.3, -0.25) is 9.59 Å². The molecule has 9 nitrogen and oxygen atoms in total. The summed E-state index contributed by atoms with van der Waals surface area (Å²) in [6.45, 7) is 9.96. The van der Waals surface area contributed by atoms with Gasteiger partial charge >= 0.3 is 5.97 Å². The first kappa shape index (κ1) is 41.5. The highest BCUT2D eigenvalue weighted by molar-refractivity contribution is 5.84. The van der Waals surface area contributed by atoms with Gasteiger partial charge in [-0.25, -0.2) is 14.8 Å². The maximum absolute atomic E-state index is 12.5. The van der Waals surface area contributed by atoms with E-state index >= 15 is 0 Å². The van der Waals surface area contributed by atoms with Crippen LogP contribution in [0.1, 0.15) is 101 Å². The van der Waals surface area contributed by atoms with Crippen molar-refractivity contribution in [3.8, 4) is 28.3 Å². The molecule has 4 aromatic rings. The van der Waals surface area contributed by atoms with Gasteiger partial charge < -0.3 is 20.5 Å². The van der Waals surface area contributed by atoms with E-state index in [4.69, 9.17) is 4.74 Å². The molecule has 2 heterocycles. The summed E-state index contributed by atoms with van der Waals surface area (Å²) in [4.78, 5) is 44.8. The number of amides is 1. The van der Waals surface area contributed by atoms with Crippen molar-refractivity contribution < 1.29 is 24.2 Å². The molecule has 278 valence electrons. The van der Waals surface area contributed by atoms with Crippen LogP contribution in [0.5, 0.6) is 5.75 Å². The van der Waals surface area contributed by atoms with Gasteiger partial charge in [-0.2, -0.15) is 0 Å². The van der Waals surface area contributed by atoms with Crippen LogP contribution in [-0.2, 0) is 21.4 Å². The SMILES string of the molecule is CC(C)(C)c1ccc(C=O)cc1.CCCCCCCOc1ccc(-c2cnc(-c3ccc(CCC(=O)N4CCCC4C(=O)O)cc3)nc2)cc1.CN. The lowest BCUT2D eigenvalue weighted by Gasteiger charge is -2.21. The Hall–Kier alpha value is -4.89. The summed E-state index contributed by atoms with van der Waals surface area (Å²) in [7, 11) is 1.50. The van der Waals surface area contributed by atoms with Gasteiger partial charge in [0.1, 0.15) is 18.1 Å². The first-order valence-electron chi connectivity index (χ1n) is 18.4. The first-order chi connectivity index (χ1) is 25.1. The number of aromatic nitrogens is 2. The largest absolute Gasteiger partial charge is 0.494 e. The highest BCUT2D eigenvalue weighted by atomic mass is 16.5.